The van der Waals surface area contributed by atoms with Gasteiger partial charge < -0.3 is 17.2 Å². The molecule has 0 saturated carbocycles. The minimum Gasteiger partial charge on any atom is -0.369 e. The normalized spacial score (nSPS) is 11.6. The summed E-state index contributed by atoms with van der Waals surface area (Å²) in [5, 5.41) is 0. The SMILES string of the molecule is NCCCS(=O)(=O)N(CC(N)=O)CC(N)=O. The van der Waals surface area contributed by atoms with Crippen LogP contribution in [-0.2, 0) is 19.6 Å². The molecule has 0 aliphatic carbocycles. The standard InChI is InChI=1S/C7H16N4O4S/c8-2-1-3-16(14,15)11(4-6(9)12)5-7(10)13/h1-5,8H2,(H2,9,12)(H2,10,13). The first-order valence-electron chi connectivity index (χ1n) is 4.54. The molecule has 0 heterocycles. The lowest BCUT2D eigenvalue weighted by Crippen LogP contribution is -2.44. The smallest absolute Gasteiger partial charge is 0.232 e. The van der Waals surface area contributed by atoms with Gasteiger partial charge in [0.1, 0.15) is 0 Å². The van der Waals surface area contributed by atoms with Gasteiger partial charge in [-0.3, -0.25) is 9.59 Å². The van der Waals surface area contributed by atoms with Crippen molar-refractivity contribution < 1.29 is 18.0 Å². The van der Waals surface area contributed by atoms with Crippen LogP contribution in [0.25, 0.3) is 0 Å². The number of nitrogens with two attached hydrogens (primary N) is 3. The summed E-state index contributed by atoms with van der Waals surface area (Å²) in [6, 6.07) is 0. The molecule has 0 aliphatic rings. The second kappa shape index (κ2) is 6.40. The predicted molar refractivity (Wildman–Crippen MR) is 57.4 cm³/mol. The van der Waals surface area contributed by atoms with Crippen molar-refractivity contribution >= 4 is 21.8 Å². The molecule has 0 radical (unpaired) electrons. The molecular weight excluding hydrogens is 236 g/mol. The van der Waals surface area contributed by atoms with E-state index < -0.39 is 34.9 Å². The number of primary amides is 2. The highest BCUT2D eigenvalue weighted by Gasteiger charge is 2.24. The number of carbonyl (C=O) groups excluding carboxylic acids is 2. The van der Waals surface area contributed by atoms with Crippen LogP contribution in [0.1, 0.15) is 6.42 Å². The second-order valence-electron chi connectivity index (χ2n) is 3.16. The number of carbonyl (C=O) groups is 2. The quantitative estimate of drug-likeness (QED) is 0.419. The highest BCUT2D eigenvalue weighted by molar-refractivity contribution is 7.89. The molecule has 0 rings (SSSR count). The summed E-state index contributed by atoms with van der Waals surface area (Å²) in [4.78, 5) is 21.3. The first-order chi connectivity index (χ1) is 7.29. The van der Waals surface area contributed by atoms with Crippen LogP contribution in [0.2, 0.25) is 0 Å². The van der Waals surface area contributed by atoms with E-state index in [1.807, 2.05) is 0 Å². The van der Waals surface area contributed by atoms with Crippen molar-refractivity contribution in [2.45, 2.75) is 6.42 Å². The molecular formula is C7H16N4O4S. The summed E-state index contributed by atoms with van der Waals surface area (Å²) in [5.41, 5.74) is 14.9. The topological polar surface area (TPSA) is 150 Å². The Kier molecular flexibility index (Phi) is 5.93. The van der Waals surface area contributed by atoms with Crippen molar-refractivity contribution in [1.82, 2.24) is 4.31 Å². The minimum atomic E-state index is -3.72. The number of nitrogens with zero attached hydrogens (tertiary/aromatic N) is 1. The van der Waals surface area contributed by atoms with E-state index >= 15 is 0 Å². The summed E-state index contributed by atoms with van der Waals surface area (Å²) < 4.78 is 23.9. The largest absolute Gasteiger partial charge is 0.369 e. The molecule has 0 unspecified atom stereocenters. The Hall–Kier alpha value is -1.19. The Morgan fingerprint density at radius 2 is 1.50 bits per heavy atom. The van der Waals surface area contributed by atoms with Crippen LogP contribution in [0.3, 0.4) is 0 Å². The van der Waals surface area contributed by atoms with Crippen LogP contribution in [0.4, 0.5) is 0 Å². The summed E-state index contributed by atoms with van der Waals surface area (Å²) in [6.07, 6.45) is 0.232. The van der Waals surface area contributed by atoms with Gasteiger partial charge in [-0.05, 0) is 13.0 Å². The molecule has 6 N–H and O–H groups in total. The van der Waals surface area contributed by atoms with Gasteiger partial charge in [-0.25, -0.2) is 8.42 Å². The molecule has 0 saturated heterocycles. The molecule has 0 aromatic heterocycles. The number of sulfonamides is 1. The lowest BCUT2D eigenvalue weighted by atomic mass is 10.5. The Bertz CT molecular complexity index is 337. The maximum atomic E-state index is 11.6. The van der Waals surface area contributed by atoms with E-state index in [0.717, 1.165) is 0 Å². The zero-order valence-corrected chi connectivity index (χ0v) is 9.57. The maximum Gasteiger partial charge on any atom is 0.232 e. The Morgan fingerprint density at radius 3 is 1.81 bits per heavy atom. The molecule has 0 aromatic rings. The lowest BCUT2D eigenvalue weighted by molar-refractivity contribution is -0.120. The minimum absolute atomic E-state index is 0.195. The molecule has 9 heteroatoms. The van der Waals surface area contributed by atoms with E-state index in [0.29, 0.717) is 4.31 Å². The van der Waals surface area contributed by atoms with Gasteiger partial charge in [-0.1, -0.05) is 0 Å². The van der Waals surface area contributed by atoms with Crippen molar-refractivity contribution in [3.63, 3.8) is 0 Å². The average molecular weight is 252 g/mol. The lowest BCUT2D eigenvalue weighted by Gasteiger charge is -2.18. The van der Waals surface area contributed by atoms with Gasteiger partial charge in [0.15, 0.2) is 0 Å². The highest BCUT2D eigenvalue weighted by atomic mass is 32.2. The fourth-order valence-corrected chi connectivity index (χ4v) is 2.43. The first kappa shape index (κ1) is 14.8. The van der Waals surface area contributed by atoms with Gasteiger partial charge in [0.05, 0.1) is 18.8 Å². The zero-order chi connectivity index (χ0) is 12.8. The summed E-state index contributed by atoms with van der Waals surface area (Å²) in [7, 11) is -3.72. The van der Waals surface area contributed by atoms with E-state index in [9.17, 15) is 18.0 Å². The Morgan fingerprint density at radius 1 is 1.06 bits per heavy atom. The summed E-state index contributed by atoms with van der Waals surface area (Å²) in [5.74, 6) is -1.94. The van der Waals surface area contributed by atoms with Crippen LogP contribution in [0.5, 0.6) is 0 Å². The number of hydrogen-bond donors (Lipinski definition) is 3. The third kappa shape index (κ3) is 5.63. The number of rotatable bonds is 8. The highest BCUT2D eigenvalue weighted by Crippen LogP contribution is 2.02. The third-order valence-electron chi connectivity index (χ3n) is 1.66. The molecule has 8 nitrogen and oxygen atoms in total. The monoisotopic (exact) mass is 252 g/mol. The van der Waals surface area contributed by atoms with Crippen molar-refractivity contribution in [3.05, 3.63) is 0 Å². The van der Waals surface area contributed by atoms with Gasteiger partial charge in [0.2, 0.25) is 21.8 Å². The third-order valence-corrected chi connectivity index (χ3v) is 3.51. The van der Waals surface area contributed by atoms with Crippen LogP contribution < -0.4 is 17.2 Å². The van der Waals surface area contributed by atoms with Crippen molar-refractivity contribution in [3.8, 4) is 0 Å². The van der Waals surface area contributed by atoms with E-state index in [4.69, 9.17) is 17.2 Å². The van der Waals surface area contributed by atoms with Crippen LogP contribution in [-0.4, -0.2) is 49.9 Å². The van der Waals surface area contributed by atoms with Crippen molar-refractivity contribution in [1.29, 1.82) is 0 Å². The maximum absolute atomic E-state index is 11.6. The van der Waals surface area contributed by atoms with Crippen molar-refractivity contribution in [2.24, 2.45) is 17.2 Å². The van der Waals surface area contributed by atoms with Gasteiger partial charge in [0.25, 0.3) is 0 Å². The molecule has 0 spiro atoms. The number of hydrogen-bond acceptors (Lipinski definition) is 5. The van der Waals surface area contributed by atoms with E-state index in [2.05, 4.69) is 0 Å². The van der Waals surface area contributed by atoms with Crippen LogP contribution in [0, 0.1) is 0 Å². The number of amides is 2. The predicted octanol–water partition coefficient (Wildman–Crippen LogP) is -3.06. The fraction of sp³-hybridized carbons (Fsp3) is 0.714. The van der Waals surface area contributed by atoms with Gasteiger partial charge in [-0.15, -0.1) is 0 Å². The van der Waals surface area contributed by atoms with E-state index in [1.54, 1.807) is 0 Å². The molecule has 0 fully saturated rings. The van der Waals surface area contributed by atoms with E-state index in [1.165, 1.54) is 0 Å². The Labute approximate surface area is 93.8 Å². The van der Waals surface area contributed by atoms with Gasteiger partial charge >= 0.3 is 0 Å². The fourth-order valence-electron chi connectivity index (χ4n) is 0.995. The Balaban J connectivity index is 4.72. The molecule has 0 aromatic carbocycles. The molecule has 0 aliphatic heterocycles. The molecule has 0 bridgehead atoms. The van der Waals surface area contributed by atoms with Crippen LogP contribution >= 0.6 is 0 Å². The van der Waals surface area contributed by atoms with Crippen molar-refractivity contribution in [2.75, 3.05) is 25.4 Å². The van der Waals surface area contributed by atoms with Crippen LogP contribution in [0.15, 0.2) is 0 Å². The summed E-state index contributed by atoms with van der Waals surface area (Å²) in [6.45, 7) is -0.925. The van der Waals surface area contributed by atoms with Gasteiger partial charge in [-0.2, -0.15) is 4.31 Å². The first-order valence-corrected chi connectivity index (χ1v) is 6.15. The molecule has 2 amide bonds. The van der Waals surface area contributed by atoms with Gasteiger partial charge in [0, 0.05) is 0 Å². The van der Waals surface area contributed by atoms with E-state index in [-0.39, 0.29) is 18.7 Å². The zero-order valence-electron chi connectivity index (χ0n) is 8.76. The second-order valence-corrected chi connectivity index (χ2v) is 5.25. The molecule has 0 atom stereocenters. The average Bonchev–Trinajstić information content (AvgIpc) is 2.12. The molecule has 94 valence electrons. The molecule has 16 heavy (non-hydrogen) atoms. The summed E-state index contributed by atoms with van der Waals surface area (Å²) >= 11 is 0.